The van der Waals surface area contributed by atoms with Crippen LogP contribution in [0.1, 0.15) is 11.1 Å². The lowest BCUT2D eigenvalue weighted by molar-refractivity contribution is 0.318. The SMILES string of the molecule is COc1ccc(/C(N)=N/O)cc1CSc1ccncc1. The summed E-state index contributed by atoms with van der Waals surface area (Å²) in [5, 5.41) is 11.7. The Kier molecular flexibility index (Phi) is 4.84. The largest absolute Gasteiger partial charge is 0.496 e. The van der Waals surface area contributed by atoms with E-state index < -0.39 is 0 Å². The number of aromatic nitrogens is 1. The fraction of sp³-hybridized carbons (Fsp3) is 0.143. The predicted octanol–water partition coefficient (Wildman–Crippen LogP) is 2.48. The molecule has 2 rings (SSSR count). The van der Waals surface area contributed by atoms with E-state index in [2.05, 4.69) is 10.1 Å². The highest BCUT2D eigenvalue weighted by atomic mass is 32.2. The number of benzene rings is 1. The van der Waals surface area contributed by atoms with E-state index >= 15 is 0 Å². The molecule has 104 valence electrons. The molecule has 1 aromatic carbocycles. The van der Waals surface area contributed by atoms with Crippen LogP contribution in [0, 0.1) is 0 Å². The van der Waals surface area contributed by atoms with Gasteiger partial charge in [0.05, 0.1) is 7.11 Å². The number of ether oxygens (including phenoxy) is 1. The van der Waals surface area contributed by atoms with Crippen molar-refractivity contribution in [3.63, 3.8) is 0 Å². The van der Waals surface area contributed by atoms with Gasteiger partial charge in [0.2, 0.25) is 0 Å². The van der Waals surface area contributed by atoms with E-state index in [1.165, 1.54) is 0 Å². The van der Waals surface area contributed by atoms with Crippen LogP contribution in [0.25, 0.3) is 0 Å². The fourth-order valence-corrected chi connectivity index (χ4v) is 2.57. The predicted molar refractivity (Wildman–Crippen MR) is 79.3 cm³/mol. The van der Waals surface area contributed by atoms with Gasteiger partial charge in [0.1, 0.15) is 5.75 Å². The summed E-state index contributed by atoms with van der Waals surface area (Å²) in [5.74, 6) is 1.59. The zero-order chi connectivity index (χ0) is 14.4. The van der Waals surface area contributed by atoms with Crippen LogP contribution < -0.4 is 10.5 Å². The molecule has 0 fully saturated rings. The summed E-state index contributed by atoms with van der Waals surface area (Å²) in [4.78, 5) is 5.11. The maximum Gasteiger partial charge on any atom is 0.170 e. The van der Waals surface area contributed by atoms with E-state index in [1.54, 1.807) is 37.3 Å². The number of thioether (sulfide) groups is 1. The Morgan fingerprint density at radius 3 is 2.75 bits per heavy atom. The first-order valence-corrected chi connectivity index (χ1v) is 6.91. The Bertz CT molecular complexity index is 603. The van der Waals surface area contributed by atoms with Crippen LogP contribution in [0.3, 0.4) is 0 Å². The molecule has 3 N–H and O–H groups in total. The van der Waals surface area contributed by atoms with Crippen molar-refractivity contribution >= 4 is 17.6 Å². The number of oxime groups is 1. The summed E-state index contributed by atoms with van der Waals surface area (Å²) in [6.07, 6.45) is 3.51. The first kappa shape index (κ1) is 14.2. The van der Waals surface area contributed by atoms with Crippen LogP contribution in [0.2, 0.25) is 0 Å². The Morgan fingerprint density at radius 2 is 2.10 bits per heavy atom. The van der Waals surface area contributed by atoms with Crippen LogP contribution in [-0.4, -0.2) is 23.1 Å². The van der Waals surface area contributed by atoms with Gasteiger partial charge in [-0.3, -0.25) is 4.98 Å². The molecule has 1 aromatic heterocycles. The highest BCUT2D eigenvalue weighted by Crippen LogP contribution is 2.28. The average molecular weight is 289 g/mol. The topological polar surface area (TPSA) is 80.7 Å². The molecule has 0 radical (unpaired) electrons. The lowest BCUT2D eigenvalue weighted by atomic mass is 10.1. The summed E-state index contributed by atoms with van der Waals surface area (Å²) in [5.41, 5.74) is 7.26. The van der Waals surface area contributed by atoms with E-state index in [-0.39, 0.29) is 5.84 Å². The Morgan fingerprint density at radius 1 is 1.35 bits per heavy atom. The van der Waals surface area contributed by atoms with Gasteiger partial charge in [-0.1, -0.05) is 5.16 Å². The summed E-state index contributed by atoms with van der Waals surface area (Å²) in [6, 6.07) is 9.33. The number of rotatable bonds is 5. The van der Waals surface area contributed by atoms with Gasteiger partial charge in [-0.05, 0) is 30.3 Å². The van der Waals surface area contributed by atoms with Crippen LogP contribution >= 0.6 is 11.8 Å². The minimum Gasteiger partial charge on any atom is -0.496 e. The smallest absolute Gasteiger partial charge is 0.170 e. The van der Waals surface area contributed by atoms with Crippen molar-refractivity contribution in [2.45, 2.75) is 10.6 Å². The Hall–Kier alpha value is -2.21. The van der Waals surface area contributed by atoms with E-state index in [0.717, 1.165) is 22.0 Å². The molecule has 0 unspecified atom stereocenters. The summed E-state index contributed by atoms with van der Waals surface area (Å²) >= 11 is 1.67. The molecule has 0 aliphatic rings. The molecule has 0 saturated heterocycles. The third-order valence-corrected chi connectivity index (χ3v) is 3.79. The molecule has 2 aromatic rings. The third kappa shape index (κ3) is 3.42. The standard InChI is InChI=1S/C14H15N3O2S/c1-19-13-3-2-10(14(15)17-18)8-11(13)9-20-12-4-6-16-7-5-12/h2-8,18H,9H2,1H3,(H2,15,17). The third-order valence-electron chi connectivity index (χ3n) is 2.73. The molecule has 0 saturated carbocycles. The van der Waals surface area contributed by atoms with E-state index in [9.17, 15) is 0 Å². The molecule has 0 aliphatic heterocycles. The maximum absolute atomic E-state index is 8.73. The second kappa shape index (κ2) is 6.81. The minimum atomic E-state index is 0.0859. The highest BCUT2D eigenvalue weighted by Gasteiger charge is 2.08. The highest BCUT2D eigenvalue weighted by molar-refractivity contribution is 7.98. The van der Waals surface area contributed by atoms with Crippen molar-refractivity contribution in [1.29, 1.82) is 0 Å². The molecule has 5 nitrogen and oxygen atoms in total. The summed E-state index contributed by atoms with van der Waals surface area (Å²) in [7, 11) is 1.62. The van der Waals surface area contributed by atoms with Crippen LogP contribution in [0.5, 0.6) is 5.75 Å². The maximum atomic E-state index is 8.73. The number of hydrogen-bond acceptors (Lipinski definition) is 5. The first-order chi connectivity index (χ1) is 9.74. The molecule has 6 heteroatoms. The number of hydrogen-bond donors (Lipinski definition) is 2. The molecular weight excluding hydrogens is 274 g/mol. The van der Waals surface area contributed by atoms with Gasteiger partial charge in [-0.2, -0.15) is 0 Å². The van der Waals surface area contributed by atoms with Gasteiger partial charge in [-0.25, -0.2) is 0 Å². The summed E-state index contributed by atoms with van der Waals surface area (Å²) < 4.78 is 5.33. The monoisotopic (exact) mass is 289 g/mol. The molecular formula is C14H15N3O2S. The van der Waals surface area contributed by atoms with Gasteiger partial charge in [0.15, 0.2) is 5.84 Å². The fourth-order valence-electron chi connectivity index (χ4n) is 1.70. The van der Waals surface area contributed by atoms with Crippen molar-refractivity contribution in [3.8, 4) is 5.75 Å². The first-order valence-electron chi connectivity index (χ1n) is 5.92. The van der Waals surface area contributed by atoms with Crippen molar-refractivity contribution in [3.05, 3.63) is 53.9 Å². The normalized spacial score (nSPS) is 11.3. The van der Waals surface area contributed by atoms with E-state index in [0.29, 0.717) is 5.56 Å². The zero-order valence-corrected chi connectivity index (χ0v) is 11.8. The van der Waals surface area contributed by atoms with Crippen molar-refractivity contribution in [1.82, 2.24) is 4.98 Å². The summed E-state index contributed by atoms with van der Waals surface area (Å²) in [6.45, 7) is 0. The second-order valence-corrected chi connectivity index (χ2v) is 5.03. The molecule has 0 bridgehead atoms. The van der Waals surface area contributed by atoms with Gasteiger partial charge in [0.25, 0.3) is 0 Å². The molecule has 20 heavy (non-hydrogen) atoms. The van der Waals surface area contributed by atoms with Crippen LogP contribution in [0.4, 0.5) is 0 Å². The van der Waals surface area contributed by atoms with Crippen molar-refractivity contribution in [2.24, 2.45) is 10.9 Å². The lowest BCUT2D eigenvalue weighted by Crippen LogP contribution is -2.13. The van der Waals surface area contributed by atoms with Crippen molar-refractivity contribution in [2.75, 3.05) is 7.11 Å². The van der Waals surface area contributed by atoms with E-state index in [4.69, 9.17) is 15.7 Å². The molecule has 0 atom stereocenters. The number of amidine groups is 1. The second-order valence-electron chi connectivity index (χ2n) is 3.98. The van der Waals surface area contributed by atoms with Crippen LogP contribution in [-0.2, 0) is 5.75 Å². The molecule has 1 heterocycles. The lowest BCUT2D eigenvalue weighted by Gasteiger charge is -2.10. The van der Waals surface area contributed by atoms with Crippen LogP contribution in [0.15, 0.2) is 52.8 Å². The molecule has 0 spiro atoms. The number of pyridine rings is 1. The Balaban J connectivity index is 2.20. The minimum absolute atomic E-state index is 0.0859. The van der Waals surface area contributed by atoms with E-state index in [1.807, 2.05) is 24.3 Å². The number of methoxy groups -OCH3 is 1. The Labute approximate surface area is 121 Å². The van der Waals surface area contributed by atoms with Gasteiger partial charge in [0, 0.05) is 34.2 Å². The quantitative estimate of drug-likeness (QED) is 0.290. The molecule has 0 aliphatic carbocycles. The van der Waals surface area contributed by atoms with Gasteiger partial charge >= 0.3 is 0 Å². The van der Waals surface area contributed by atoms with Crippen molar-refractivity contribution < 1.29 is 9.94 Å². The van der Waals surface area contributed by atoms with Gasteiger partial charge < -0.3 is 15.7 Å². The number of nitrogens with zero attached hydrogens (tertiary/aromatic N) is 2. The zero-order valence-electron chi connectivity index (χ0n) is 11.0. The molecule has 0 amide bonds. The van der Waals surface area contributed by atoms with Gasteiger partial charge in [-0.15, -0.1) is 11.8 Å². The number of nitrogens with two attached hydrogens (primary N) is 1. The average Bonchev–Trinajstić information content (AvgIpc) is 2.52.